The monoisotopic (exact) mass is 273 g/mol. The standard InChI is InChI=1S/C10H12ClN3O4/c11-8-6-7(14(16)17)3-4-9(8)18-5-1-2-10(15)13-12/h3-4,6H,1-2,5,12H2,(H,13,15). The largest absolute Gasteiger partial charge is 0.492 e. The van der Waals surface area contributed by atoms with Gasteiger partial charge in [0.1, 0.15) is 5.75 Å². The van der Waals surface area contributed by atoms with Gasteiger partial charge in [-0.05, 0) is 12.5 Å². The van der Waals surface area contributed by atoms with Gasteiger partial charge in [-0.1, -0.05) is 11.6 Å². The average molecular weight is 274 g/mol. The fourth-order valence-electron chi connectivity index (χ4n) is 1.21. The third-order valence-electron chi connectivity index (χ3n) is 2.09. The number of nitro groups is 1. The number of nitrogens with zero attached hydrogens (tertiary/aromatic N) is 1. The summed E-state index contributed by atoms with van der Waals surface area (Å²) in [7, 11) is 0. The normalized spacial score (nSPS) is 9.89. The van der Waals surface area contributed by atoms with Crippen LogP contribution in [0.15, 0.2) is 18.2 Å². The number of hydrazine groups is 1. The van der Waals surface area contributed by atoms with E-state index in [1.165, 1.54) is 18.2 Å². The molecule has 0 unspecified atom stereocenters. The van der Waals surface area contributed by atoms with Gasteiger partial charge >= 0.3 is 0 Å². The van der Waals surface area contributed by atoms with Gasteiger partial charge in [0.05, 0.1) is 16.6 Å². The second-order valence-corrected chi connectivity index (χ2v) is 3.80. The Labute approximate surface area is 108 Å². The van der Waals surface area contributed by atoms with Crippen LogP contribution in [0.25, 0.3) is 0 Å². The van der Waals surface area contributed by atoms with E-state index in [9.17, 15) is 14.9 Å². The van der Waals surface area contributed by atoms with Crippen LogP contribution in [0.3, 0.4) is 0 Å². The first-order valence-electron chi connectivity index (χ1n) is 5.10. The molecular weight excluding hydrogens is 262 g/mol. The number of nitro benzene ring substituents is 1. The SMILES string of the molecule is NNC(=O)CCCOc1ccc([N+](=O)[O-])cc1Cl. The highest BCUT2D eigenvalue weighted by Gasteiger charge is 2.10. The van der Waals surface area contributed by atoms with Crippen molar-refractivity contribution in [2.45, 2.75) is 12.8 Å². The molecule has 0 radical (unpaired) electrons. The van der Waals surface area contributed by atoms with Crippen molar-refractivity contribution in [1.29, 1.82) is 0 Å². The molecule has 0 aliphatic rings. The van der Waals surface area contributed by atoms with E-state index in [1.807, 2.05) is 5.43 Å². The Hall–Kier alpha value is -1.86. The minimum absolute atomic E-state index is 0.102. The van der Waals surface area contributed by atoms with Crippen LogP contribution >= 0.6 is 11.6 Å². The molecule has 0 aliphatic carbocycles. The third-order valence-corrected chi connectivity index (χ3v) is 2.39. The summed E-state index contributed by atoms with van der Waals surface area (Å²) < 4.78 is 5.29. The number of carbonyl (C=O) groups excluding carboxylic acids is 1. The van der Waals surface area contributed by atoms with Crippen molar-refractivity contribution >= 4 is 23.2 Å². The van der Waals surface area contributed by atoms with Gasteiger partial charge in [-0.2, -0.15) is 0 Å². The van der Waals surface area contributed by atoms with E-state index in [-0.39, 0.29) is 29.6 Å². The van der Waals surface area contributed by atoms with E-state index in [0.29, 0.717) is 12.2 Å². The van der Waals surface area contributed by atoms with Crippen LogP contribution in [-0.4, -0.2) is 17.4 Å². The maximum atomic E-state index is 10.8. The Bertz CT molecular complexity index is 453. The Balaban J connectivity index is 2.48. The highest BCUT2D eigenvalue weighted by Crippen LogP contribution is 2.28. The number of rotatable bonds is 6. The van der Waals surface area contributed by atoms with Crippen molar-refractivity contribution in [2.75, 3.05) is 6.61 Å². The molecule has 7 nitrogen and oxygen atoms in total. The highest BCUT2D eigenvalue weighted by molar-refractivity contribution is 6.32. The number of hydrogen-bond donors (Lipinski definition) is 2. The first-order chi connectivity index (χ1) is 8.54. The summed E-state index contributed by atoms with van der Waals surface area (Å²) >= 11 is 5.81. The van der Waals surface area contributed by atoms with Gasteiger partial charge in [0.15, 0.2) is 0 Å². The second-order valence-electron chi connectivity index (χ2n) is 3.39. The van der Waals surface area contributed by atoms with Crippen molar-refractivity contribution < 1.29 is 14.5 Å². The lowest BCUT2D eigenvalue weighted by molar-refractivity contribution is -0.384. The summed E-state index contributed by atoms with van der Waals surface area (Å²) in [6.45, 7) is 0.269. The molecule has 0 fully saturated rings. The lowest BCUT2D eigenvalue weighted by Crippen LogP contribution is -2.29. The second kappa shape index (κ2) is 6.77. The molecule has 0 atom stereocenters. The molecule has 0 spiro atoms. The van der Waals surface area contributed by atoms with Gasteiger partial charge in [-0.15, -0.1) is 0 Å². The van der Waals surface area contributed by atoms with Gasteiger partial charge in [0.25, 0.3) is 5.69 Å². The maximum Gasteiger partial charge on any atom is 0.271 e. The van der Waals surface area contributed by atoms with E-state index >= 15 is 0 Å². The van der Waals surface area contributed by atoms with Gasteiger partial charge in [-0.25, -0.2) is 5.84 Å². The lowest BCUT2D eigenvalue weighted by atomic mass is 10.3. The quantitative estimate of drug-likeness (QED) is 0.268. The minimum Gasteiger partial charge on any atom is -0.492 e. The number of amides is 1. The molecule has 0 aromatic heterocycles. The Kier molecular flexibility index (Phi) is 5.34. The topological polar surface area (TPSA) is 107 Å². The van der Waals surface area contributed by atoms with Crippen LogP contribution in [0.1, 0.15) is 12.8 Å². The van der Waals surface area contributed by atoms with E-state index in [4.69, 9.17) is 22.2 Å². The fourth-order valence-corrected chi connectivity index (χ4v) is 1.44. The predicted molar refractivity (Wildman–Crippen MR) is 65.2 cm³/mol. The number of nitrogens with two attached hydrogens (primary N) is 1. The number of non-ortho nitro benzene ring substituents is 1. The van der Waals surface area contributed by atoms with Crippen LogP contribution < -0.4 is 16.0 Å². The summed E-state index contributed by atoms with van der Waals surface area (Å²) in [4.78, 5) is 20.8. The number of benzene rings is 1. The third kappa shape index (κ3) is 4.19. The molecule has 0 saturated heterocycles. The number of carbonyl (C=O) groups is 1. The lowest BCUT2D eigenvalue weighted by Gasteiger charge is -2.07. The number of hydrogen-bond acceptors (Lipinski definition) is 5. The fraction of sp³-hybridized carbons (Fsp3) is 0.300. The minimum atomic E-state index is -0.540. The smallest absolute Gasteiger partial charge is 0.271 e. The van der Waals surface area contributed by atoms with Crippen molar-refractivity contribution in [3.63, 3.8) is 0 Å². The molecule has 98 valence electrons. The van der Waals surface area contributed by atoms with Crippen molar-refractivity contribution in [1.82, 2.24) is 5.43 Å². The predicted octanol–water partition coefficient (Wildman–Crippen LogP) is 1.40. The Morgan fingerprint density at radius 1 is 1.56 bits per heavy atom. The molecular formula is C10H12ClN3O4. The van der Waals surface area contributed by atoms with Crippen molar-refractivity contribution in [3.05, 3.63) is 33.3 Å². The molecule has 1 aromatic carbocycles. The average Bonchev–Trinajstić information content (AvgIpc) is 2.35. The molecule has 0 saturated carbocycles. The Morgan fingerprint density at radius 2 is 2.28 bits per heavy atom. The van der Waals surface area contributed by atoms with Crippen molar-refractivity contribution in [2.24, 2.45) is 5.84 Å². The number of halogens is 1. The molecule has 0 aliphatic heterocycles. The van der Waals surface area contributed by atoms with Crippen LogP contribution in [0.5, 0.6) is 5.75 Å². The zero-order valence-electron chi connectivity index (χ0n) is 9.39. The molecule has 18 heavy (non-hydrogen) atoms. The Morgan fingerprint density at radius 3 is 2.83 bits per heavy atom. The molecule has 1 aromatic rings. The van der Waals surface area contributed by atoms with Crippen LogP contribution in [0.2, 0.25) is 5.02 Å². The summed E-state index contributed by atoms with van der Waals surface area (Å²) in [6.07, 6.45) is 0.706. The highest BCUT2D eigenvalue weighted by atomic mass is 35.5. The number of ether oxygens (including phenoxy) is 1. The molecule has 0 bridgehead atoms. The summed E-state index contributed by atoms with van der Waals surface area (Å²) in [6, 6.07) is 3.93. The molecule has 1 rings (SSSR count). The van der Waals surface area contributed by atoms with Crippen LogP contribution in [0.4, 0.5) is 5.69 Å². The molecule has 1 amide bonds. The van der Waals surface area contributed by atoms with E-state index in [2.05, 4.69) is 0 Å². The van der Waals surface area contributed by atoms with Crippen LogP contribution in [0, 0.1) is 10.1 Å². The zero-order chi connectivity index (χ0) is 13.5. The summed E-state index contributed by atoms with van der Waals surface area (Å²) in [5.41, 5.74) is 1.90. The molecule has 0 heterocycles. The zero-order valence-corrected chi connectivity index (χ0v) is 10.1. The van der Waals surface area contributed by atoms with E-state index in [0.717, 1.165) is 0 Å². The summed E-state index contributed by atoms with van der Waals surface area (Å²) in [5, 5.41) is 10.6. The molecule has 3 N–H and O–H groups in total. The maximum absolute atomic E-state index is 10.8. The van der Waals surface area contributed by atoms with Gasteiger partial charge < -0.3 is 4.74 Å². The van der Waals surface area contributed by atoms with Crippen LogP contribution in [-0.2, 0) is 4.79 Å². The van der Waals surface area contributed by atoms with Gasteiger partial charge in [0.2, 0.25) is 5.91 Å². The van der Waals surface area contributed by atoms with Crippen molar-refractivity contribution in [3.8, 4) is 5.75 Å². The van der Waals surface area contributed by atoms with Gasteiger partial charge in [0, 0.05) is 18.6 Å². The molecule has 8 heteroatoms. The van der Waals surface area contributed by atoms with Gasteiger partial charge in [-0.3, -0.25) is 20.3 Å². The summed E-state index contributed by atoms with van der Waals surface area (Å²) in [5.74, 6) is 4.97. The van der Waals surface area contributed by atoms with E-state index < -0.39 is 4.92 Å². The first-order valence-corrected chi connectivity index (χ1v) is 5.48. The number of nitrogens with one attached hydrogen (secondary N) is 1. The van der Waals surface area contributed by atoms with E-state index in [1.54, 1.807) is 0 Å². The first kappa shape index (κ1) is 14.2.